The van der Waals surface area contributed by atoms with Gasteiger partial charge in [-0.2, -0.15) is 0 Å². The number of hydrogen-bond acceptors (Lipinski definition) is 2. The second-order valence-corrected chi connectivity index (χ2v) is 6.26. The Bertz CT molecular complexity index is 885. The van der Waals surface area contributed by atoms with Crippen LogP contribution < -0.4 is 0 Å². The zero-order valence-electron chi connectivity index (χ0n) is 13.4. The number of nitrogens with one attached hydrogen (secondary N) is 1. The highest BCUT2D eigenvalue weighted by Crippen LogP contribution is 2.32. The number of aryl methyl sites for hydroxylation is 1. The predicted molar refractivity (Wildman–Crippen MR) is 90.2 cm³/mol. The summed E-state index contributed by atoms with van der Waals surface area (Å²) in [6.45, 7) is 2.35. The molecule has 1 aliphatic heterocycles. The molecule has 0 saturated carbocycles. The van der Waals surface area contributed by atoms with Crippen molar-refractivity contribution in [2.24, 2.45) is 0 Å². The van der Waals surface area contributed by atoms with Crippen LogP contribution in [0, 0.1) is 12.7 Å². The molecule has 4 rings (SSSR count). The average molecular weight is 323 g/mol. The van der Waals surface area contributed by atoms with Crippen LogP contribution in [0.2, 0.25) is 0 Å². The predicted octanol–water partition coefficient (Wildman–Crippen LogP) is 3.99. The second-order valence-electron chi connectivity index (χ2n) is 6.26. The molecule has 4 nitrogen and oxygen atoms in total. The first-order valence-corrected chi connectivity index (χ1v) is 8.15. The maximum atomic E-state index is 13.8. The summed E-state index contributed by atoms with van der Waals surface area (Å²) in [7, 11) is 0. The molecule has 1 fully saturated rings. The van der Waals surface area contributed by atoms with Crippen LogP contribution in [0.5, 0.6) is 0 Å². The zero-order valence-corrected chi connectivity index (χ0v) is 13.4. The molecular weight excluding hydrogens is 305 g/mol. The molecule has 0 aliphatic carbocycles. The SMILES string of the molecule is Cc1ccc(C(=O)N2CCC[C@H]2c2nc3ccccc3[nH]2)cc1F. The summed E-state index contributed by atoms with van der Waals surface area (Å²) in [4.78, 5) is 22.6. The normalized spacial score (nSPS) is 17.6. The molecule has 0 radical (unpaired) electrons. The number of halogens is 1. The van der Waals surface area contributed by atoms with Crippen molar-refractivity contribution in [1.29, 1.82) is 0 Å². The first-order chi connectivity index (χ1) is 11.6. The van der Waals surface area contributed by atoms with Crippen molar-refractivity contribution in [2.75, 3.05) is 6.54 Å². The van der Waals surface area contributed by atoms with Crippen molar-refractivity contribution in [1.82, 2.24) is 14.9 Å². The molecule has 1 atom stereocenters. The number of rotatable bonds is 2. The van der Waals surface area contributed by atoms with E-state index in [0.717, 1.165) is 29.7 Å². The Hall–Kier alpha value is -2.69. The van der Waals surface area contributed by atoms with Crippen molar-refractivity contribution < 1.29 is 9.18 Å². The van der Waals surface area contributed by atoms with Crippen LogP contribution in [-0.2, 0) is 0 Å². The van der Waals surface area contributed by atoms with Gasteiger partial charge in [-0.25, -0.2) is 9.37 Å². The maximum absolute atomic E-state index is 13.8. The van der Waals surface area contributed by atoms with E-state index in [2.05, 4.69) is 9.97 Å². The largest absolute Gasteiger partial charge is 0.340 e. The van der Waals surface area contributed by atoms with Crippen LogP contribution in [0.3, 0.4) is 0 Å². The fourth-order valence-electron chi connectivity index (χ4n) is 3.32. The molecule has 122 valence electrons. The number of aromatic nitrogens is 2. The average Bonchev–Trinajstić information content (AvgIpc) is 3.22. The van der Waals surface area contributed by atoms with Crippen molar-refractivity contribution in [3.05, 3.63) is 65.2 Å². The van der Waals surface area contributed by atoms with E-state index >= 15 is 0 Å². The van der Waals surface area contributed by atoms with Gasteiger partial charge >= 0.3 is 0 Å². The number of imidazole rings is 1. The molecule has 3 aromatic rings. The van der Waals surface area contributed by atoms with Gasteiger partial charge in [-0.1, -0.05) is 18.2 Å². The monoisotopic (exact) mass is 323 g/mol. The van der Waals surface area contributed by atoms with Gasteiger partial charge in [0.15, 0.2) is 0 Å². The summed E-state index contributed by atoms with van der Waals surface area (Å²) >= 11 is 0. The molecule has 0 unspecified atom stereocenters. The van der Waals surface area contributed by atoms with Gasteiger partial charge in [-0.3, -0.25) is 4.79 Å². The van der Waals surface area contributed by atoms with E-state index in [1.165, 1.54) is 6.07 Å². The number of H-pyrrole nitrogens is 1. The molecule has 2 aromatic carbocycles. The summed E-state index contributed by atoms with van der Waals surface area (Å²) in [6.07, 6.45) is 1.78. The first kappa shape index (κ1) is 14.9. The molecular formula is C19H18FN3O. The zero-order chi connectivity index (χ0) is 16.7. The summed E-state index contributed by atoms with van der Waals surface area (Å²) < 4.78 is 13.8. The first-order valence-electron chi connectivity index (χ1n) is 8.15. The van der Waals surface area contributed by atoms with Crippen LogP contribution in [0.15, 0.2) is 42.5 Å². The van der Waals surface area contributed by atoms with E-state index in [0.29, 0.717) is 17.7 Å². The van der Waals surface area contributed by atoms with Crippen molar-refractivity contribution in [3.8, 4) is 0 Å². The van der Waals surface area contributed by atoms with E-state index < -0.39 is 0 Å². The molecule has 5 heteroatoms. The van der Waals surface area contributed by atoms with Crippen LogP contribution in [-0.4, -0.2) is 27.3 Å². The topological polar surface area (TPSA) is 49.0 Å². The number of likely N-dealkylation sites (tertiary alicyclic amines) is 1. The molecule has 2 heterocycles. The minimum atomic E-state index is -0.347. The minimum Gasteiger partial charge on any atom is -0.340 e. The number of carbonyl (C=O) groups excluding carboxylic acids is 1. The summed E-state index contributed by atoms with van der Waals surface area (Å²) in [5, 5.41) is 0. The van der Waals surface area contributed by atoms with Crippen LogP contribution in [0.25, 0.3) is 11.0 Å². The van der Waals surface area contributed by atoms with E-state index in [-0.39, 0.29) is 17.8 Å². The van der Waals surface area contributed by atoms with Gasteiger partial charge in [0.25, 0.3) is 5.91 Å². The summed E-state index contributed by atoms with van der Waals surface area (Å²) in [5.41, 5.74) is 2.80. The molecule has 1 saturated heterocycles. The van der Waals surface area contributed by atoms with Crippen LogP contribution in [0.4, 0.5) is 4.39 Å². The smallest absolute Gasteiger partial charge is 0.254 e. The van der Waals surface area contributed by atoms with Gasteiger partial charge in [0, 0.05) is 12.1 Å². The Morgan fingerprint density at radius 2 is 2.12 bits per heavy atom. The highest BCUT2D eigenvalue weighted by Gasteiger charge is 2.32. The van der Waals surface area contributed by atoms with Crippen molar-refractivity contribution in [2.45, 2.75) is 25.8 Å². The highest BCUT2D eigenvalue weighted by atomic mass is 19.1. The third-order valence-electron chi connectivity index (χ3n) is 4.66. The number of para-hydroxylation sites is 2. The number of fused-ring (bicyclic) bond motifs is 1. The maximum Gasteiger partial charge on any atom is 0.254 e. The molecule has 1 N–H and O–H groups in total. The Morgan fingerprint density at radius 1 is 1.29 bits per heavy atom. The van der Waals surface area contributed by atoms with Crippen LogP contribution in [0.1, 0.15) is 40.6 Å². The lowest BCUT2D eigenvalue weighted by Gasteiger charge is -2.23. The van der Waals surface area contributed by atoms with Crippen molar-refractivity contribution >= 4 is 16.9 Å². The molecule has 1 aliphatic rings. The van der Waals surface area contributed by atoms with Crippen molar-refractivity contribution in [3.63, 3.8) is 0 Å². The van der Waals surface area contributed by atoms with E-state index in [1.807, 2.05) is 24.3 Å². The number of nitrogens with zero attached hydrogens (tertiary/aromatic N) is 2. The number of amides is 1. The third kappa shape index (κ3) is 2.46. The number of hydrogen-bond donors (Lipinski definition) is 1. The Balaban J connectivity index is 1.66. The number of carbonyl (C=O) groups is 1. The highest BCUT2D eigenvalue weighted by molar-refractivity contribution is 5.94. The van der Waals surface area contributed by atoms with Gasteiger partial charge in [0.1, 0.15) is 11.6 Å². The Kier molecular flexibility index (Phi) is 3.56. The van der Waals surface area contributed by atoms with E-state index in [4.69, 9.17) is 0 Å². The quantitative estimate of drug-likeness (QED) is 0.775. The molecule has 24 heavy (non-hydrogen) atoms. The van der Waals surface area contributed by atoms with Gasteiger partial charge in [-0.05, 0) is 49.6 Å². The Labute approximate surface area is 139 Å². The van der Waals surface area contributed by atoms with Gasteiger partial charge < -0.3 is 9.88 Å². The van der Waals surface area contributed by atoms with Gasteiger partial charge in [0.2, 0.25) is 0 Å². The minimum absolute atomic E-state index is 0.0886. The van der Waals surface area contributed by atoms with E-state index in [9.17, 15) is 9.18 Å². The lowest BCUT2D eigenvalue weighted by molar-refractivity contribution is 0.0730. The lowest BCUT2D eigenvalue weighted by Crippen LogP contribution is -2.31. The summed E-state index contributed by atoms with van der Waals surface area (Å²) in [5.74, 6) is 0.312. The van der Waals surface area contributed by atoms with Crippen LogP contribution >= 0.6 is 0 Å². The fraction of sp³-hybridized carbons (Fsp3) is 0.263. The van der Waals surface area contributed by atoms with E-state index in [1.54, 1.807) is 24.0 Å². The van der Waals surface area contributed by atoms with Gasteiger partial charge in [-0.15, -0.1) is 0 Å². The van der Waals surface area contributed by atoms with Gasteiger partial charge in [0.05, 0.1) is 17.1 Å². The number of aromatic amines is 1. The molecule has 1 amide bonds. The molecule has 0 bridgehead atoms. The second kappa shape index (κ2) is 5.74. The Morgan fingerprint density at radius 3 is 2.92 bits per heavy atom. The number of benzene rings is 2. The third-order valence-corrected chi connectivity index (χ3v) is 4.66. The molecule has 0 spiro atoms. The molecule has 1 aromatic heterocycles. The fourth-order valence-corrected chi connectivity index (χ4v) is 3.32. The lowest BCUT2D eigenvalue weighted by atomic mass is 10.1. The standard InChI is InChI=1S/C19H18FN3O/c1-12-8-9-13(11-14(12)20)19(24)23-10-4-7-17(23)18-21-15-5-2-3-6-16(15)22-18/h2-3,5-6,8-9,11,17H,4,7,10H2,1H3,(H,21,22)/t17-/m0/s1. The summed E-state index contributed by atoms with van der Waals surface area (Å²) in [6, 6.07) is 12.4.